The SMILES string of the molecule is COC(=O)c1ccccc1S(=O)(=O)N1C(=N)C(C)(C(C)C)NC1=O. The summed E-state index contributed by atoms with van der Waals surface area (Å²) in [5.74, 6) is -1.43. The number of nitrogens with one attached hydrogen (secondary N) is 2. The Kier molecular flexibility index (Phi) is 4.40. The Morgan fingerprint density at radius 3 is 2.42 bits per heavy atom. The van der Waals surface area contributed by atoms with E-state index < -0.39 is 27.6 Å². The third-order valence-corrected chi connectivity index (χ3v) is 5.95. The van der Waals surface area contributed by atoms with Gasteiger partial charge in [0.15, 0.2) is 0 Å². The fraction of sp³-hybridized carbons (Fsp3) is 0.400. The van der Waals surface area contributed by atoms with Crippen molar-refractivity contribution in [3.8, 4) is 0 Å². The molecule has 1 fully saturated rings. The van der Waals surface area contributed by atoms with Crippen LogP contribution in [-0.2, 0) is 14.8 Å². The molecule has 1 aromatic carbocycles. The molecule has 0 saturated carbocycles. The lowest BCUT2D eigenvalue weighted by atomic mass is 9.88. The van der Waals surface area contributed by atoms with Crippen LogP contribution in [0.1, 0.15) is 31.1 Å². The Morgan fingerprint density at radius 2 is 1.92 bits per heavy atom. The first kappa shape index (κ1) is 17.9. The molecule has 1 heterocycles. The quantitative estimate of drug-likeness (QED) is 0.797. The molecule has 9 heteroatoms. The molecule has 1 aromatic rings. The van der Waals surface area contributed by atoms with Gasteiger partial charge in [0.2, 0.25) is 0 Å². The zero-order chi connectivity index (χ0) is 18.3. The lowest BCUT2D eigenvalue weighted by Crippen LogP contribution is -2.48. The van der Waals surface area contributed by atoms with Gasteiger partial charge in [0.25, 0.3) is 10.0 Å². The van der Waals surface area contributed by atoms with Crippen molar-refractivity contribution in [2.24, 2.45) is 5.92 Å². The van der Waals surface area contributed by atoms with Crippen LogP contribution in [0.15, 0.2) is 29.2 Å². The second-order valence-electron chi connectivity index (χ2n) is 5.89. The largest absolute Gasteiger partial charge is 0.465 e. The number of benzene rings is 1. The zero-order valence-corrected chi connectivity index (χ0v) is 14.6. The first-order valence-corrected chi connectivity index (χ1v) is 8.65. The lowest BCUT2D eigenvalue weighted by Gasteiger charge is -2.28. The summed E-state index contributed by atoms with van der Waals surface area (Å²) in [4.78, 5) is 23.7. The van der Waals surface area contributed by atoms with Crippen LogP contribution < -0.4 is 5.32 Å². The number of rotatable bonds is 4. The summed E-state index contributed by atoms with van der Waals surface area (Å²) in [7, 11) is -3.30. The molecule has 1 aliphatic rings. The minimum absolute atomic E-state index is 0.196. The summed E-state index contributed by atoms with van der Waals surface area (Å²) in [5.41, 5.74) is -1.32. The first-order valence-electron chi connectivity index (χ1n) is 7.21. The highest BCUT2D eigenvalue weighted by Crippen LogP contribution is 2.31. The van der Waals surface area contributed by atoms with Crippen LogP contribution >= 0.6 is 0 Å². The summed E-state index contributed by atoms with van der Waals surface area (Å²) in [6.45, 7) is 5.13. The van der Waals surface area contributed by atoms with Crippen molar-refractivity contribution in [1.29, 1.82) is 5.41 Å². The maximum Gasteiger partial charge on any atom is 0.339 e. The molecule has 24 heavy (non-hydrogen) atoms. The van der Waals surface area contributed by atoms with Crippen LogP contribution in [-0.4, -0.2) is 43.2 Å². The zero-order valence-electron chi connectivity index (χ0n) is 13.8. The molecule has 8 nitrogen and oxygen atoms in total. The van der Waals surface area contributed by atoms with E-state index >= 15 is 0 Å². The second kappa shape index (κ2) is 5.90. The molecule has 1 saturated heterocycles. The summed E-state index contributed by atoms with van der Waals surface area (Å²) in [6, 6.07) is 4.48. The van der Waals surface area contributed by atoms with Gasteiger partial charge < -0.3 is 10.1 Å². The Hall–Kier alpha value is -2.42. The minimum atomic E-state index is -4.43. The van der Waals surface area contributed by atoms with Crippen molar-refractivity contribution in [2.75, 3.05) is 7.11 Å². The van der Waals surface area contributed by atoms with Crippen LogP contribution in [0.4, 0.5) is 4.79 Å². The molecular weight excluding hydrogens is 334 g/mol. The third-order valence-electron chi connectivity index (χ3n) is 4.21. The number of carbonyl (C=O) groups is 2. The smallest absolute Gasteiger partial charge is 0.339 e. The monoisotopic (exact) mass is 353 g/mol. The number of carbonyl (C=O) groups excluding carboxylic acids is 2. The molecular formula is C15H19N3O5S. The molecule has 2 N–H and O–H groups in total. The van der Waals surface area contributed by atoms with E-state index in [-0.39, 0.29) is 22.2 Å². The average Bonchev–Trinajstić information content (AvgIpc) is 2.77. The highest BCUT2D eigenvalue weighted by atomic mass is 32.2. The Bertz CT molecular complexity index is 818. The van der Waals surface area contributed by atoms with E-state index in [1.54, 1.807) is 20.8 Å². The molecule has 0 spiro atoms. The van der Waals surface area contributed by atoms with E-state index in [9.17, 15) is 18.0 Å². The van der Waals surface area contributed by atoms with E-state index in [1.807, 2.05) is 0 Å². The van der Waals surface area contributed by atoms with Crippen molar-refractivity contribution in [3.05, 3.63) is 29.8 Å². The summed E-state index contributed by atoms with van der Waals surface area (Å²) in [5, 5.41) is 10.7. The van der Waals surface area contributed by atoms with Crippen molar-refractivity contribution in [3.63, 3.8) is 0 Å². The number of hydrogen-bond acceptors (Lipinski definition) is 6. The van der Waals surface area contributed by atoms with Gasteiger partial charge in [-0.3, -0.25) is 5.41 Å². The maximum absolute atomic E-state index is 12.9. The molecule has 130 valence electrons. The van der Waals surface area contributed by atoms with Gasteiger partial charge in [-0.25, -0.2) is 18.0 Å². The van der Waals surface area contributed by atoms with Crippen LogP contribution in [0.2, 0.25) is 0 Å². The van der Waals surface area contributed by atoms with Gasteiger partial charge in [0.05, 0.1) is 18.2 Å². The molecule has 1 atom stereocenters. The number of sulfonamides is 1. The molecule has 0 aliphatic carbocycles. The Labute approximate surface area is 140 Å². The van der Waals surface area contributed by atoms with Gasteiger partial charge in [0.1, 0.15) is 10.7 Å². The van der Waals surface area contributed by atoms with E-state index in [2.05, 4.69) is 10.1 Å². The predicted molar refractivity (Wildman–Crippen MR) is 86.3 cm³/mol. The van der Waals surface area contributed by atoms with Crippen LogP contribution in [0.3, 0.4) is 0 Å². The van der Waals surface area contributed by atoms with Gasteiger partial charge in [-0.15, -0.1) is 0 Å². The third kappa shape index (κ3) is 2.54. The fourth-order valence-electron chi connectivity index (χ4n) is 2.36. The van der Waals surface area contributed by atoms with Crippen molar-refractivity contribution in [2.45, 2.75) is 31.2 Å². The summed E-state index contributed by atoms with van der Waals surface area (Å²) >= 11 is 0. The van der Waals surface area contributed by atoms with Crippen molar-refractivity contribution in [1.82, 2.24) is 9.62 Å². The van der Waals surface area contributed by atoms with Gasteiger partial charge in [0, 0.05) is 0 Å². The number of urea groups is 1. The van der Waals surface area contributed by atoms with Gasteiger partial charge in [-0.2, -0.15) is 4.31 Å². The molecule has 2 amide bonds. The number of esters is 1. The number of hydrogen-bond donors (Lipinski definition) is 2. The molecule has 2 rings (SSSR count). The molecule has 0 aromatic heterocycles. The molecule has 1 unspecified atom stereocenters. The highest BCUT2D eigenvalue weighted by molar-refractivity contribution is 7.90. The summed E-state index contributed by atoms with van der Waals surface area (Å²) < 4.78 is 30.8. The average molecular weight is 353 g/mol. The van der Waals surface area contributed by atoms with Gasteiger partial charge >= 0.3 is 12.0 Å². The van der Waals surface area contributed by atoms with Crippen LogP contribution in [0, 0.1) is 11.3 Å². The molecule has 0 radical (unpaired) electrons. The standard InChI is InChI=1S/C15H19N3O5S/c1-9(2)15(3)13(16)18(14(20)17-15)24(21,22)11-8-6-5-7-10(11)12(19)23-4/h5-9,16H,1-4H3,(H,17,20). The van der Waals surface area contributed by atoms with E-state index in [0.717, 1.165) is 7.11 Å². The van der Waals surface area contributed by atoms with Crippen molar-refractivity contribution >= 4 is 27.9 Å². The van der Waals surface area contributed by atoms with Gasteiger partial charge in [-0.1, -0.05) is 26.0 Å². The highest BCUT2D eigenvalue weighted by Gasteiger charge is 2.52. The van der Waals surface area contributed by atoms with Crippen LogP contribution in [0.25, 0.3) is 0 Å². The van der Waals surface area contributed by atoms with E-state index in [0.29, 0.717) is 4.31 Å². The maximum atomic E-state index is 12.9. The van der Waals surface area contributed by atoms with Gasteiger partial charge in [-0.05, 0) is 25.0 Å². The Balaban J connectivity index is 2.59. The van der Waals surface area contributed by atoms with Crippen LogP contribution in [0.5, 0.6) is 0 Å². The minimum Gasteiger partial charge on any atom is -0.465 e. The lowest BCUT2D eigenvalue weighted by molar-refractivity contribution is 0.0596. The summed E-state index contributed by atoms with van der Waals surface area (Å²) in [6.07, 6.45) is 0. The number of methoxy groups -OCH3 is 1. The van der Waals surface area contributed by atoms with E-state index in [1.165, 1.54) is 24.3 Å². The number of amidine groups is 1. The topological polar surface area (TPSA) is 117 Å². The molecule has 0 bridgehead atoms. The van der Waals surface area contributed by atoms with E-state index in [4.69, 9.17) is 5.41 Å². The number of ether oxygens (including phenoxy) is 1. The second-order valence-corrected chi connectivity index (χ2v) is 7.65. The first-order chi connectivity index (χ1) is 11.1. The number of nitrogens with zero attached hydrogens (tertiary/aromatic N) is 1. The number of amides is 2. The molecule has 1 aliphatic heterocycles. The predicted octanol–water partition coefficient (Wildman–Crippen LogP) is 1.58. The van der Waals surface area contributed by atoms with Crippen molar-refractivity contribution < 1.29 is 22.7 Å². The fourth-order valence-corrected chi connectivity index (χ4v) is 3.93. The Morgan fingerprint density at radius 1 is 1.33 bits per heavy atom. The normalized spacial score (nSPS) is 21.1.